The predicted molar refractivity (Wildman–Crippen MR) is 146 cm³/mol. The second kappa shape index (κ2) is 12.5. The first-order chi connectivity index (χ1) is 17.4. The number of carbonyl (C=O) groups is 1. The van der Waals surface area contributed by atoms with Crippen molar-refractivity contribution in [1.29, 1.82) is 0 Å². The van der Waals surface area contributed by atoms with Crippen LogP contribution in [-0.2, 0) is 10.6 Å². The Bertz CT molecular complexity index is 1210. The summed E-state index contributed by atoms with van der Waals surface area (Å²) in [4.78, 5) is 23.6. The van der Waals surface area contributed by atoms with Gasteiger partial charge in [-0.25, -0.2) is 9.97 Å². The van der Waals surface area contributed by atoms with Gasteiger partial charge in [-0.1, -0.05) is 24.6 Å². The van der Waals surface area contributed by atoms with Crippen molar-refractivity contribution in [3.63, 3.8) is 0 Å². The van der Waals surface area contributed by atoms with Crippen molar-refractivity contribution in [2.24, 2.45) is 11.1 Å². The van der Waals surface area contributed by atoms with Gasteiger partial charge in [0, 0.05) is 35.1 Å². The number of hydrogen-bond acceptors (Lipinski definition) is 10. The summed E-state index contributed by atoms with van der Waals surface area (Å²) in [5, 5.41) is 23.3. The minimum absolute atomic E-state index is 0.0232. The van der Waals surface area contributed by atoms with Crippen LogP contribution in [0.15, 0.2) is 36.8 Å². The molecule has 5 N–H and O–H groups in total. The number of benzene rings is 1. The smallest absolute Gasteiger partial charge is 0.208 e. The predicted octanol–water partition coefficient (Wildman–Crippen LogP) is 4.30. The van der Waals surface area contributed by atoms with Gasteiger partial charge < -0.3 is 19.9 Å². The molecular formula is C25H30ClN5O3S2. The molecule has 2 aromatic heterocycles. The average Bonchev–Trinajstić information content (AvgIpc) is 3.28. The third-order valence-corrected chi connectivity index (χ3v) is 8.08. The molecule has 0 saturated heterocycles. The fraction of sp³-hybridized carbons (Fsp3) is 0.400. The Kier molecular flexibility index (Phi) is 9.35. The number of hydrogen-bond donors (Lipinski definition) is 4. The number of anilines is 1. The van der Waals surface area contributed by atoms with E-state index in [9.17, 15) is 9.90 Å². The summed E-state index contributed by atoms with van der Waals surface area (Å²) in [6.45, 7) is 5.40. The first kappa shape index (κ1) is 27.0. The number of halogens is 1. The number of aliphatic hydroxyl groups excluding tert-OH is 1. The van der Waals surface area contributed by atoms with Gasteiger partial charge in [-0.3, -0.25) is 9.93 Å². The molecule has 3 heterocycles. The molecule has 11 heteroatoms. The molecule has 4 rings (SSSR count). The molecule has 8 nitrogen and oxygen atoms in total. The van der Waals surface area contributed by atoms with Crippen molar-refractivity contribution in [3.05, 3.63) is 73.8 Å². The number of nitrogens with one attached hydrogen (secondary N) is 2. The van der Waals surface area contributed by atoms with E-state index in [2.05, 4.69) is 26.7 Å². The van der Waals surface area contributed by atoms with Crippen molar-refractivity contribution < 1.29 is 14.1 Å². The molecule has 3 atom stereocenters. The summed E-state index contributed by atoms with van der Waals surface area (Å²) in [5.41, 5.74) is 3.84. The van der Waals surface area contributed by atoms with Gasteiger partial charge in [-0.05, 0) is 54.7 Å². The highest BCUT2D eigenvalue weighted by Crippen LogP contribution is 2.36. The lowest BCUT2D eigenvalue weighted by atomic mass is 9.90. The maximum atomic E-state index is 13.5. The fourth-order valence-corrected chi connectivity index (χ4v) is 5.91. The molecule has 0 fully saturated rings. The second-order valence-electron chi connectivity index (χ2n) is 8.71. The number of ketones is 1. The Morgan fingerprint density at radius 3 is 3.03 bits per heavy atom. The van der Waals surface area contributed by atoms with Crippen molar-refractivity contribution >= 4 is 46.8 Å². The van der Waals surface area contributed by atoms with E-state index in [0.717, 1.165) is 47.6 Å². The van der Waals surface area contributed by atoms with Crippen LogP contribution in [0, 0.1) is 12.8 Å². The summed E-state index contributed by atoms with van der Waals surface area (Å²) in [6.07, 6.45) is 3.86. The molecule has 0 radical (unpaired) electrons. The lowest BCUT2D eigenvalue weighted by Gasteiger charge is -2.27. The van der Waals surface area contributed by atoms with E-state index in [1.807, 2.05) is 32.0 Å². The van der Waals surface area contributed by atoms with E-state index in [0.29, 0.717) is 27.9 Å². The van der Waals surface area contributed by atoms with E-state index in [1.165, 1.54) is 29.4 Å². The standard InChI is InChI=1S/C25H30ClN5O3S2/c1-3-15(12-34-36-27)21(32)11-30-25-20(10-28-13-31-25)24(33)22-9-18(14(2)35-22)23-19-8-17(26)5-4-16(19)6-7-29-23/h4-5,8-10,13,15,21,23,29,32H,3,6-7,11-12,27H2,1-2H3,(H,28,30,31)/t15?,21-,23-/m0/s1. The Hall–Kier alpha value is -2.05. The maximum Gasteiger partial charge on any atom is 0.208 e. The zero-order valence-electron chi connectivity index (χ0n) is 20.2. The minimum atomic E-state index is -0.695. The van der Waals surface area contributed by atoms with Crippen LogP contribution in [0.3, 0.4) is 0 Å². The largest absolute Gasteiger partial charge is 0.391 e. The molecule has 192 valence electrons. The van der Waals surface area contributed by atoms with Crippen molar-refractivity contribution in [2.75, 3.05) is 25.0 Å². The number of thiophene rings is 1. The van der Waals surface area contributed by atoms with Crippen LogP contribution in [0.25, 0.3) is 0 Å². The summed E-state index contributed by atoms with van der Waals surface area (Å²) in [7, 11) is 0. The minimum Gasteiger partial charge on any atom is -0.391 e. The Morgan fingerprint density at radius 2 is 2.25 bits per heavy atom. The van der Waals surface area contributed by atoms with Crippen LogP contribution in [-0.4, -0.2) is 46.7 Å². The number of carbonyl (C=O) groups excluding carboxylic acids is 1. The second-order valence-corrected chi connectivity index (χ2v) is 10.8. The number of aryl methyl sites for hydroxylation is 1. The fourth-order valence-electron chi connectivity index (χ4n) is 4.46. The molecule has 0 spiro atoms. The molecular weight excluding hydrogens is 518 g/mol. The molecule has 3 aromatic rings. The molecule has 1 aromatic carbocycles. The van der Waals surface area contributed by atoms with Gasteiger partial charge in [0.1, 0.15) is 12.1 Å². The average molecular weight is 548 g/mol. The van der Waals surface area contributed by atoms with Crippen molar-refractivity contribution in [2.45, 2.75) is 38.8 Å². The molecule has 0 bridgehead atoms. The molecule has 0 aliphatic carbocycles. The van der Waals surface area contributed by atoms with Crippen LogP contribution in [0.2, 0.25) is 5.02 Å². The molecule has 36 heavy (non-hydrogen) atoms. The van der Waals surface area contributed by atoms with Crippen molar-refractivity contribution in [1.82, 2.24) is 15.3 Å². The number of rotatable bonds is 11. The van der Waals surface area contributed by atoms with Crippen molar-refractivity contribution in [3.8, 4) is 0 Å². The van der Waals surface area contributed by atoms with Gasteiger partial charge in [0.2, 0.25) is 5.78 Å². The van der Waals surface area contributed by atoms with Gasteiger partial charge in [0.05, 0.1) is 41.4 Å². The van der Waals surface area contributed by atoms with E-state index in [-0.39, 0.29) is 24.3 Å². The van der Waals surface area contributed by atoms with Gasteiger partial charge in [-0.15, -0.1) is 11.3 Å². The van der Waals surface area contributed by atoms with Crippen LogP contribution in [0.4, 0.5) is 5.82 Å². The summed E-state index contributed by atoms with van der Waals surface area (Å²) in [5.74, 6) is 0.124. The zero-order valence-corrected chi connectivity index (χ0v) is 22.6. The Balaban J connectivity index is 1.54. The molecule has 1 unspecified atom stereocenters. The number of fused-ring (bicyclic) bond motifs is 1. The van der Waals surface area contributed by atoms with E-state index in [1.54, 1.807) is 0 Å². The van der Waals surface area contributed by atoms with Crippen LogP contribution in [0.1, 0.15) is 56.2 Å². The first-order valence-corrected chi connectivity index (χ1v) is 13.8. The third kappa shape index (κ3) is 6.08. The molecule has 0 amide bonds. The number of aliphatic hydroxyl groups is 1. The number of nitrogens with two attached hydrogens (primary N) is 1. The summed E-state index contributed by atoms with van der Waals surface area (Å²) in [6, 6.07) is 7.94. The maximum absolute atomic E-state index is 13.5. The number of nitrogens with zero attached hydrogens (tertiary/aromatic N) is 2. The SMILES string of the molecule is CCC(COSN)[C@@H](O)CNc1ncncc1C(=O)c1cc([C@@H]2NCCc3ccc(Cl)cc32)c(C)s1. The van der Waals surface area contributed by atoms with E-state index >= 15 is 0 Å². The summed E-state index contributed by atoms with van der Waals surface area (Å²) < 4.78 is 5.19. The normalized spacial score (nSPS) is 16.9. The monoisotopic (exact) mass is 547 g/mol. The van der Waals surface area contributed by atoms with Gasteiger partial charge in [0.25, 0.3) is 0 Å². The van der Waals surface area contributed by atoms with Crippen LogP contribution >= 0.6 is 35.2 Å². The van der Waals surface area contributed by atoms with Gasteiger partial charge >= 0.3 is 0 Å². The molecule has 0 saturated carbocycles. The zero-order chi connectivity index (χ0) is 25.7. The van der Waals surface area contributed by atoms with Gasteiger partial charge in [0.15, 0.2) is 0 Å². The Labute approximate surface area is 224 Å². The topological polar surface area (TPSA) is 122 Å². The molecule has 1 aliphatic heterocycles. The quantitative estimate of drug-likeness (QED) is 0.158. The van der Waals surface area contributed by atoms with Gasteiger partial charge in [-0.2, -0.15) is 0 Å². The highest BCUT2D eigenvalue weighted by Gasteiger charge is 2.27. The first-order valence-electron chi connectivity index (χ1n) is 11.8. The van der Waals surface area contributed by atoms with Crippen LogP contribution in [0.5, 0.6) is 0 Å². The lowest BCUT2D eigenvalue weighted by Crippen LogP contribution is -2.31. The highest BCUT2D eigenvalue weighted by molar-refractivity contribution is 7.92. The highest BCUT2D eigenvalue weighted by atomic mass is 35.5. The lowest BCUT2D eigenvalue weighted by molar-refractivity contribution is 0.0881. The van der Waals surface area contributed by atoms with E-state index < -0.39 is 6.10 Å². The molecule has 1 aliphatic rings. The third-order valence-electron chi connectivity index (χ3n) is 6.51. The van der Waals surface area contributed by atoms with E-state index in [4.69, 9.17) is 20.9 Å². The Morgan fingerprint density at radius 1 is 1.42 bits per heavy atom. The van der Waals surface area contributed by atoms with Crippen LogP contribution < -0.4 is 15.8 Å². The number of aromatic nitrogens is 2. The summed E-state index contributed by atoms with van der Waals surface area (Å²) >= 11 is 8.54.